The largest absolute Gasteiger partial charge is 0.459 e. The molecule has 4 aliphatic carbocycles. The van der Waals surface area contributed by atoms with Gasteiger partial charge in [-0.3, -0.25) is 0 Å². The Labute approximate surface area is 177 Å². The van der Waals surface area contributed by atoms with Crippen molar-refractivity contribution in [2.75, 3.05) is 13.2 Å². The van der Waals surface area contributed by atoms with Crippen molar-refractivity contribution in [3.63, 3.8) is 0 Å². The molecule has 0 amide bonds. The van der Waals surface area contributed by atoms with Crippen molar-refractivity contribution in [3.8, 4) is 0 Å². The second-order valence-electron chi connectivity index (χ2n) is 9.13. The maximum Gasteiger partial charge on any atom is 0.377 e. The lowest BCUT2D eigenvalue weighted by atomic mass is 9.54. The van der Waals surface area contributed by atoms with Gasteiger partial charge in [0.25, 0.3) is 0 Å². The molecule has 174 valence electrons. The minimum Gasteiger partial charge on any atom is -0.459 e. The standard InChI is InChI=1S/C21H26F4O6/c1-12(2)16(26)29-3-4-30-17(27)20(22,23)11-21(24,25)18(28)31-19-8-13-5-14(9-19)7-15(6-13)10-19/h13-15H,1,3-11H2,2H3. The first kappa shape index (κ1) is 23.5. The summed E-state index contributed by atoms with van der Waals surface area (Å²) in [5.41, 5.74) is -0.966. The summed E-state index contributed by atoms with van der Waals surface area (Å²) in [4.78, 5) is 34.8. The highest BCUT2D eigenvalue weighted by atomic mass is 19.3. The van der Waals surface area contributed by atoms with Crippen LogP contribution in [-0.4, -0.2) is 48.6 Å². The fraction of sp³-hybridized carbons (Fsp3) is 0.762. The predicted molar refractivity (Wildman–Crippen MR) is 98.2 cm³/mol. The molecule has 0 aromatic rings. The zero-order chi connectivity index (χ0) is 23.0. The lowest BCUT2D eigenvalue weighted by Crippen LogP contribution is -2.55. The van der Waals surface area contributed by atoms with Gasteiger partial charge in [-0.1, -0.05) is 6.58 Å². The summed E-state index contributed by atoms with van der Waals surface area (Å²) in [5.74, 6) is -13.3. The third kappa shape index (κ3) is 5.38. The Balaban J connectivity index is 1.52. The molecule has 0 heterocycles. The number of ether oxygens (including phenoxy) is 3. The van der Waals surface area contributed by atoms with Crippen molar-refractivity contribution >= 4 is 17.9 Å². The minimum absolute atomic E-state index is 0.0498. The van der Waals surface area contributed by atoms with Crippen LogP contribution in [0.25, 0.3) is 0 Å². The number of hydrogen-bond acceptors (Lipinski definition) is 6. The SMILES string of the molecule is C=C(C)C(=O)OCCOC(=O)C(F)(F)CC(F)(F)C(=O)OC12CC3CC(CC(C3)C1)C2. The van der Waals surface area contributed by atoms with Crippen molar-refractivity contribution in [2.45, 2.75) is 69.3 Å². The van der Waals surface area contributed by atoms with E-state index in [0.717, 1.165) is 19.3 Å². The molecule has 0 saturated heterocycles. The summed E-state index contributed by atoms with van der Waals surface area (Å²) in [6.07, 6.45) is 2.03. The molecule has 0 spiro atoms. The van der Waals surface area contributed by atoms with Crippen molar-refractivity contribution in [1.82, 2.24) is 0 Å². The predicted octanol–water partition coefficient (Wildman–Crippen LogP) is 3.82. The molecule has 4 saturated carbocycles. The van der Waals surface area contributed by atoms with Gasteiger partial charge in [0.15, 0.2) is 0 Å². The Morgan fingerprint density at radius 3 is 1.81 bits per heavy atom. The van der Waals surface area contributed by atoms with Crippen LogP contribution in [-0.2, 0) is 28.6 Å². The molecule has 10 heteroatoms. The zero-order valence-electron chi connectivity index (χ0n) is 17.3. The van der Waals surface area contributed by atoms with Crippen LogP contribution in [0.2, 0.25) is 0 Å². The summed E-state index contributed by atoms with van der Waals surface area (Å²) >= 11 is 0. The van der Waals surface area contributed by atoms with Crippen molar-refractivity contribution in [2.24, 2.45) is 17.8 Å². The zero-order valence-corrected chi connectivity index (χ0v) is 17.3. The molecule has 4 bridgehead atoms. The molecule has 0 atom stereocenters. The molecular weight excluding hydrogens is 424 g/mol. The fourth-order valence-electron chi connectivity index (χ4n) is 5.35. The molecule has 0 N–H and O–H groups in total. The third-order valence-corrected chi connectivity index (χ3v) is 6.23. The van der Waals surface area contributed by atoms with Crippen LogP contribution in [0.3, 0.4) is 0 Å². The van der Waals surface area contributed by atoms with Gasteiger partial charge >= 0.3 is 29.8 Å². The maximum absolute atomic E-state index is 14.3. The average Bonchev–Trinajstić information content (AvgIpc) is 2.62. The van der Waals surface area contributed by atoms with Crippen LogP contribution in [0, 0.1) is 17.8 Å². The Morgan fingerprint density at radius 1 is 0.871 bits per heavy atom. The summed E-state index contributed by atoms with van der Waals surface area (Å²) < 4.78 is 70.5. The molecule has 4 rings (SSSR count). The van der Waals surface area contributed by atoms with Gasteiger partial charge in [-0.15, -0.1) is 0 Å². The van der Waals surface area contributed by atoms with Crippen LogP contribution in [0.5, 0.6) is 0 Å². The van der Waals surface area contributed by atoms with Gasteiger partial charge < -0.3 is 14.2 Å². The molecule has 0 radical (unpaired) electrons. The van der Waals surface area contributed by atoms with E-state index < -0.39 is 55.0 Å². The number of carbonyl (C=O) groups excluding carboxylic acids is 3. The molecule has 6 nitrogen and oxygen atoms in total. The summed E-state index contributed by atoms with van der Waals surface area (Å²) in [6, 6.07) is 0. The van der Waals surface area contributed by atoms with Crippen LogP contribution >= 0.6 is 0 Å². The molecule has 0 aliphatic heterocycles. The highest BCUT2D eigenvalue weighted by Gasteiger charge is 2.59. The van der Waals surface area contributed by atoms with E-state index in [1.54, 1.807) is 0 Å². The topological polar surface area (TPSA) is 78.9 Å². The van der Waals surface area contributed by atoms with Gasteiger partial charge in [0.2, 0.25) is 0 Å². The minimum atomic E-state index is -4.62. The molecule has 4 aliphatic rings. The van der Waals surface area contributed by atoms with Crippen molar-refractivity contribution in [1.29, 1.82) is 0 Å². The van der Waals surface area contributed by atoms with E-state index >= 15 is 0 Å². The van der Waals surface area contributed by atoms with Crippen LogP contribution in [0.15, 0.2) is 12.2 Å². The molecule has 0 aromatic carbocycles. The van der Waals surface area contributed by atoms with Gasteiger partial charge in [-0.05, 0) is 63.2 Å². The second kappa shape index (κ2) is 8.43. The quantitative estimate of drug-likeness (QED) is 0.175. The van der Waals surface area contributed by atoms with E-state index in [0.29, 0.717) is 37.0 Å². The average molecular weight is 450 g/mol. The number of carbonyl (C=O) groups is 3. The van der Waals surface area contributed by atoms with Crippen LogP contribution in [0.1, 0.15) is 51.9 Å². The number of esters is 3. The molecule has 0 aromatic heterocycles. The van der Waals surface area contributed by atoms with Gasteiger partial charge in [0.05, 0.1) is 6.42 Å². The highest BCUT2D eigenvalue weighted by Crippen LogP contribution is 2.57. The number of alkyl halides is 4. The Hall–Kier alpha value is -2.13. The van der Waals surface area contributed by atoms with Gasteiger partial charge in [0, 0.05) is 5.57 Å². The van der Waals surface area contributed by atoms with E-state index in [1.165, 1.54) is 6.92 Å². The van der Waals surface area contributed by atoms with Crippen molar-refractivity contribution < 1.29 is 46.2 Å². The Kier molecular flexibility index (Phi) is 6.40. The summed E-state index contributed by atoms with van der Waals surface area (Å²) in [7, 11) is 0. The number of halogens is 4. The highest BCUT2D eigenvalue weighted by molar-refractivity contribution is 5.87. The van der Waals surface area contributed by atoms with Gasteiger partial charge in [0.1, 0.15) is 18.8 Å². The van der Waals surface area contributed by atoms with E-state index in [2.05, 4.69) is 16.1 Å². The first-order valence-corrected chi connectivity index (χ1v) is 10.3. The Morgan fingerprint density at radius 2 is 1.32 bits per heavy atom. The third-order valence-electron chi connectivity index (χ3n) is 6.23. The summed E-state index contributed by atoms with van der Waals surface area (Å²) in [5, 5.41) is 0. The van der Waals surface area contributed by atoms with Crippen LogP contribution in [0.4, 0.5) is 17.6 Å². The first-order valence-electron chi connectivity index (χ1n) is 10.3. The van der Waals surface area contributed by atoms with Crippen molar-refractivity contribution in [3.05, 3.63) is 12.2 Å². The molecule has 31 heavy (non-hydrogen) atoms. The van der Waals surface area contributed by atoms with E-state index in [9.17, 15) is 31.9 Å². The van der Waals surface area contributed by atoms with E-state index in [1.807, 2.05) is 0 Å². The first-order chi connectivity index (χ1) is 14.3. The lowest BCUT2D eigenvalue weighted by Gasteiger charge is -2.55. The molecule has 0 unspecified atom stereocenters. The smallest absolute Gasteiger partial charge is 0.377 e. The normalized spacial score (nSPS) is 29.4. The van der Waals surface area contributed by atoms with Crippen LogP contribution < -0.4 is 0 Å². The van der Waals surface area contributed by atoms with E-state index in [-0.39, 0.29) is 5.57 Å². The monoisotopic (exact) mass is 450 g/mol. The molecular formula is C21H26F4O6. The Bertz CT molecular complexity index is 728. The maximum atomic E-state index is 14.3. The molecule has 4 fully saturated rings. The fourth-order valence-corrected chi connectivity index (χ4v) is 5.35. The van der Waals surface area contributed by atoms with Gasteiger partial charge in [-0.2, -0.15) is 17.6 Å². The number of hydrogen-bond donors (Lipinski definition) is 0. The lowest BCUT2D eigenvalue weighted by molar-refractivity contribution is -0.220. The summed E-state index contributed by atoms with van der Waals surface area (Å²) in [6.45, 7) is 3.36. The van der Waals surface area contributed by atoms with E-state index in [4.69, 9.17) is 4.74 Å². The second-order valence-corrected chi connectivity index (χ2v) is 9.13. The van der Waals surface area contributed by atoms with Gasteiger partial charge in [-0.25, -0.2) is 14.4 Å². The number of rotatable bonds is 9.